The van der Waals surface area contributed by atoms with Crippen molar-refractivity contribution >= 4 is 40.7 Å². The lowest BCUT2D eigenvalue weighted by molar-refractivity contribution is 0.680. The summed E-state index contributed by atoms with van der Waals surface area (Å²) in [4.78, 5) is 4.60. The molecule has 0 amide bonds. The SMILES string of the molecule is CCNC(=NCc1cccc(C)c1)NCCS(=O)Cc1ccccc1.I. The Kier molecular flexibility index (Phi) is 11.2. The first-order valence-electron chi connectivity index (χ1n) is 8.64. The minimum atomic E-state index is -0.880. The Hall–Kier alpha value is -1.41. The molecule has 0 bridgehead atoms. The summed E-state index contributed by atoms with van der Waals surface area (Å²) in [5.74, 6) is 1.96. The Morgan fingerprint density at radius 2 is 1.77 bits per heavy atom. The standard InChI is InChI=1S/C20H27N3OS.HI/c1-3-21-20(23-15-19-11-7-8-17(2)14-19)22-12-13-25(24)16-18-9-5-4-6-10-18;/h4-11,14H,3,12-13,15-16H2,1-2H3,(H2,21,22,23);1H. The van der Waals surface area contributed by atoms with Gasteiger partial charge in [0.2, 0.25) is 0 Å². The van der Waals surface area contributed by atoms with Crippen LogP contribution in [0.2, 0.25) is 0 Å². The third kappa shape index (κ3) is 8.80. The Morgan fingerprint density at radius 3 is 2.46 bits per heavy atom. The minimum Gasteiger partial charge on any atom is -0.357 e. The van der Waals surface area contributed by atoms with Gasteiger partial charge in [-0.25, -0.2) is 4.99 Å². The first-order valence-corrected chi connectivity index (χ1v) is 10.1. The van der Waals surface area contributed by atoms with Crippen molar-refractivity contribution in [2.75, 3.05) is 18.8 Å². The highest BCUT2D eigenvalue weighted by Gasteiger charge is 2.03. The van der Waals surface area contributed by atoms with Crippen LogP contribution in [0.15, 0.2) is 59.6 Å². The lowest BCUT2D eigenvalue weighted by atomic mass is 10.1. The lowest BCUT2D eigenvalue weighted by Crippen LogP contribution is -2.39. The molecular formula is C20H28IN3OS. The van der Waals surface area contributed by atoms with Crippen LogP contribution < -0.4 is 10.6 Å². The monoisotopic (exact) mass is 485 g/mol. The Bertz CT molecular complexity index is 707. The topological polar surface area (TPSA) is 53.5 Å². The highest BCUT2D eigenvalue weighted by atomic mass is 127. The van der Waals surface area contributed by atoms with Gasteiger partial charge in [-0.1, -0.05) is 60.2 Å². The summed E-state index contributed by atoms with van der Waals surface area (Å²) in [6, 6.07) is 18.3. The maximum atomic E-state index is 12.2. The number of halogens is 1. The molecule has 0 aliphatic heterocycles. The molecule has 26 heavy (non-hydrogen) atoms. The van der Waals surface area contributed by atoms with Crippen molar-refractivity contribution in [2.24, 2.45) is 4.99 Å². The predicted octanol–water partition coefficient (Wildman–Crippen LogP) is 3.62. The molecule has 1 unspecified atom stereocenters. The summed E-state index contributed by atoms with van der Waals surface area (Å²) in [6.07, 6.45) is 0. The van der Waals surface area contributed by atoms with Gasteiger partial charge in [0, 0.05) is 35.4 Å². The summed E-state index contributed by atoms with van der Waals surface area (Å²) < 4.78 is 12.2. The van der Waals surface area contributed by atoms with Crippen molar-refractivity contribution in [3.05, 3.63) is 71.3 Å². The summed E-state index contributed by atoms with van der Waals surface area (Å²) >= 11 is 0. The second-order valence-corrected chi connectivity index (χ2v) is 7.46. The largest absolute Gasteiger partial charge is 0.357 e. The highest BCUT2D eigenvalue weighted by Crippen LogP contribution is 2.05. The average Bonchev–Trinajstić information content (AvgIpc) is 2.60. The van der Waals surface area contributed by atoms with Gasteiger partial charge < -0.3 is 10.6 Å². The normalized spacial score (nSPS) is 12.2. The molecule has 2 aromatic carbocycles. The Morgan fingerprint density at radius 1 is 1.04 bits per heavy atom. The van der Waals surface area contributed by atoms with Crippen LogP contribution in [0.4, 0.5) is 0 Å². The van der Waals surface area contributed by atoms with Gasteiger partial charge in [0.05, 0.1) is 6.54 Å². The molecule has 0 saturated carbocycles. The van der Waals surface area contributed by atoms with Gasteiger partial charge in [-0.3, -0.25) is 4.21 Å². The van der Waals surface area contributed by atoms with Crippen LogP contribution in [0.5, 0.6) is 0 Å². The zero-order valence-corrected chi connectivity index (χ0v) is 18.6. The Labute approximate surface area is 176 Å². The molecule has 6 heteroatoms. The average molecular weight is 485 g/mol. The molecule has 4 nitrogen and oxygen atoms in total. The molecule has 0 fully saturated rings. The first kappa shape index (κ1) is 22.6. The number of aryl methyl sites for hydroxylation is 1. The first-order chi connectivity index (χ1) is 12.2. The van der Waals surface area contributed by atoms with E-state index in [-0.39, 0.29) is 24.0 Å². The maximum Gasteiger partial charge on any atom is 0.191 e. The van der Waals surface area contributed by atoms with Gasteiger partial charge >= 0.3 is 0 Å². The van der Waals surface area contributed by atoms with Gasteiger partial charge in [-0.2, -0.15) is 0 Å². The van der Waals surface area contributed by atoms with Gasteiger partial charge in [0.15, 0.2) is 5.96 Å². The summed E-state index contributed by atoms with van der Waals surface area (Å²) in [6.45, 7) is 6.19. The third-order valence-corrected chi connectivity index (χ3v) is 4.95. The van der Waals surface area contributed by atoms with E-state index in [4.69, 9.17) is 0 Å². The molecule has 0 aliphatic rings. The van der Waals surface area contributed by atoms with E-state index in [9.17, 15) is 4.21 Å². The molecule has 2 rings (SSSR count). The van der Waals surface area contributed by atoms with Crippen LogP contribution in [0.25, 0.3) is 0 Å². The zero-order valence-electron chi connectivity index (χ0n) is 15.4. The fourth-order valence-electron chi connectivity index (χ4n) is 2.44. The maximum absolute atomic E-state index is 12.2. The Balaban J connectivity index is 0.00000338. The molecule has 2 aromatic rings. The molecule has 0 heterocycles. The third-order valence-electron chi connectivity index (χ3n) is 3.64. The van der Waals surface area contributed by atoms with Crippen LogP contribution in [0, 0.1) is 6.92 Å². The molecule has 142 valence electrons. The predicted molar refractivity (Wildman–Crippen MR) is 123 cm³/mol. The van der Waals surface area contributed by atoms with Crippen LogP contribution in [-0.4, -0.2) is 29.0 Å². The second-order valence-electron chi connectivity index (χ2n) is 5.88. The smallest absolute Gasteiger partial charge is 0.191 e. The zero-order chi connectivity index (χ0) is 17.9. The molecule has 0 radical (unpaired) electrons. The van der Waals surface area contributed by atoms with Crippen LogP contribution in [0.3, 0.4) is 0 Å². The summed E-state index contributed by atoms with van der Waals surface area (Å²) in [5, 5.41) is 6.50. The number of guanidine groups is 1. The van der Waals surface area contributed by atoms with Gasteiger partial charge in [-0.15, -0.1) is 24.0 Å². The van der Waals surface area contributed by atoms with E-state index in [0.29, 0.717) is 24.6 Å². The van der Waals surface area contributed by atoms with E-state index in [1.807, 2.05) is 43.3 Å². The number of aliphatic imine (C=N–C) groups is 1. The van der Waals surface area contributed by atoms with E-state index in [1.54, 1.807) is 0 Å². The van der Waals surface area contributed by atoms with Crippen molar-refractivity contribution < 1.29 is 4.21 Å². The van der Waals surface area contributed by atoms with E-state index in [0.717, 1.165) is 18.1 Å². The quantitative estimate of drug-likeness (QED) is 0.341. The van der Waals surface area contributed by atoms with Crippen LogP contribution >= 0.6 is 24.0 Å². The van der Waals surface area contributed by atoms with Crippen LogP contribution in [-0.2, 0) is 23.1 Å². The lowest BCUT2D eigenvalue weighted by Gasteiger charge is -2.11. The van der Waals surface area contributed by atoms with Gasteiger partial charge in [0.25, 0.3) is 0 Å². The van der Waals surface area contributed by atoms with Crippen molar-refractivity contribution in [2.45, 2.75) is 26.1 Å². The van der Waals surface area contributed by atoms with E-state index in [1.165, 1.54) is 11.1 Å². The second kappa shape index (κ2) is 12.9. The highest BCUT2D eigenvalue weighted by molar-refractivity contribution is 14.0. The van der Waals surface area contributed by atoms with Crippen molar-refractivity contribution in [3.63, 3.8) is 0 Å². The molecular weight excluding hydrogens is 457 g/mol. The number of rotatable bonds is 8. The minimum absolute atomic E-state index is 0. The van der Waals surface area contributed by atoms with Crippen molar-refractivity contribution in [1.82, 2.24) is 10.6 Å². The van der Waals surface area contributed by atoms with E-state index < -0.39 is 10.8 Å². The number of hydrogen-bond acceptors (Lipinski definition) is 2. The molecule has 0 spiro atoms. The van der Waals surface area contributed by atoms with Gasteiger partial charge in [-0.05, 0) is 25.0 Å². The van der Waals surface area contributed by atoms with E-state index in [2.05, 4.69) is 40.7 Å². The molecule has 0 aliphatic carbocycles. The number of hydrogen-bond donors (Lipinski definition) is 2. The number of nitrogens with one attached hydrogen (secondary N) is 2. The fraction of sp³-hybridized carbons (Fsp3) is 0.350. The molecule has 0 aromatic heterocycles. The van der Waals surface area contributed by atoms with E-state index >= 15 is 0 Å². The number of benzene rings is 2. The van der Waals surface area contributed by atoms with Gasteiger partial charge in [0.1, 0.15) is 0 Å². The summed E-state index contributed by atoms with van der Waals surface area (Å²) in [5.41, 5.74) is 3.53. The van der Waals surface area contributed by atoms with Crippen molar-refractivity contribution in [3.8, 4) is 0 Å². The number of nitrogens with zero attached hydrogens (tertiary/aromatic N) is 1. The molecule has 2 N–H and O–H groups in total. The molecule has 1 atom stereocenters. The van der Waals surface area contributed by atoms with Crippen LogP contribution in [0.1, 0.15) is 23.6 Å². The van der Waals surface area contributed by atoms with Crippen molar-refractivity contribution in [1.29, 1.82) is 0 Å². The fourth-order valence-corrected chi connectivity index (χ4v) is 3.48. The summed E-state index contributed by atoms with van der Waals surface area (Å²) in [7, 11) is -0.880. The molecule has 0 saturated heterocycles.